The number of methoxy groups -OCH3 is 4. The molecular formula is C22H24N2O5S. The van der Waals surface area contributed by atoms with Crippen molar-refractivity contribution in [3.05, 3.63) is 52.8 Å². The Morgan fingerprint density at radius 1 is 1.03 bits per heavy atom. The predicted molar refractivity (Wildman–Crippen MR) is 117 cm³/mol. The van der Waals surface area contributed by atoms with Crippen molar-refractivity contribution in [3.63, 3.8) is 0 Å². The number of nitrogens with zero attached hydrogens (tertiary/aromatic N) is 2. The van der Waals surface area contributed by atoms with Gasteiger partial charge < -0.3 is 23.5 Å². The summed E-state index contributed by atoms with van der Waals surface area (Å²) in [7, 11) is 6.42. The van der Waals surface area contributed by atoms with Crippen LogP contribution in [0.15, 0.2) is 47.5 Å². The number of carbonyl (C=O) groups excluding carboxylic acids is 1. The summed E-state index contributed by atoms with van der Waals surface area (Å²) in [5.41, 5.74) is 1.79. The molecule has 0 unspecified atom stereocenters. The highest BCUT2D eigenvalue weighted by Crippen LogP contribution is 2.28. The highest BCUT2D eigenvalue weighted by atomic mass is 32.1. The van der Waals surface area contributed by atoms with Crippen molar-refractivity contribution in [2.45, 2.75) is 6.54 Å². The van der Waals surface area contributed by atoms with E-state index in [1.54, 1.807) is 46.6 Å². The Hall–Kier alpha value is -3.10. The minimum atomic E-state index is -0.352. The molecule has 3 aromatic rings. The fraction of sp³-hybridized carbons (Fsp3) is 0.273. The van der Waals surface area contributed by atoms with Gasteiger partial charge in [-0.3, -0.25) is 4.79 Å². The van der Waals surface area contributed by atoms with Crippen molar-refractivity contribution in [1.29, 1.82) is 0 Å². The average Bonchev–Trinajstić information content (AvgIpc) is 3.11. The molecule has 3 rings (SSSR count). The van der Waals surface area contributed by atoms with E-state index < -0.39 is 0 Å². The van der Waals surface area contributed by atoms with Gasteiger partial charge in [0, 0.05) is 19.7 Å². The first-order valence-electron chi connectivity index (χ1n) is 9.24. The lowest BCUT2D eigenvalue weighted by atomic mass is 10.2. The molecule has 8 heteroatoms. The van der Waals surface area contributed by atoms with Gasteiger partial charge in [0.25, 0.3) is 5.91 Å². The lowest BCUT2D eigenvalue weighted by Crippen LogP contribution is -2.18. The van der Waals surface area contributed by atoms with Gasteiger partial charge in [-0.1, -0.05) is 17.4 Å². The van der Waals surface area contributed by atoms with E-state index in [2.05, 4.69) is 4.99 Å². The van der Waals surface area contributed by atoms with E-state index in [1.807, 2.05) is 28.8 Å². The van der Waals surface area contributed by atoms with Crippen LogP contribution in [0.5, 0.6) is 17.2 Å². The van der Waals surface area contributed by atoms with E-state index in [0.29, 0.717) is 29.5 Å². The number of hydrogen-bond acceptors (Lipinski definition) is 6. The summed E-state index contributed by atoms with van der Waals surface area (Å²) < 4.78 is 24.0. The first-order valence-corrected chi connectivity index (χ1v) is 10.1. The smallest absolute Gasteiger partial charge is 0.272 e. The molecule has 0 aliphatic rings. The number of fused-ring (bicyclic) bond motifs is 1. The summed E-state index contributed by atoms with van der Waals surface area (Å²) in [4.78, 5) is 17.4. The maximum Gasteiger partial charge on any atom is 0.272 e. The molecule has 0 fully saturated rings. The third-order valence-corrected chi connectivity index (χ3v) is 5.48. The van der Waals surface area contributed by atoms with Gasteiger partial charge in [-0.15, -0.1) is 0 Å². The molecule has 158 valence electrons. The van der Waals surface area contributed by atoms with Crippen molar-refractivity contribution >= 4 is 33.5 Å². The molecule has 30 heavy (non-hydrogen) atoms. The fourth-order valence-electron chi connectivity index (χ4n) is 2.92. The molecule has 0 spiro atoms. The van der Waals surface area contributed by atoms with Crippen LogP contribution in [-0.4, -0.2) is 45.5 Å². The standard InChI is InChI=1S/C22H24N2O5S/c1-26-12-11-24-17-8-7-16(27-2)14-20(17)30-22(24)23-21(25)10-6-15-5-9-18(28-3)19(13-15)29-4/h5-10,13-14H,11-12H2,1-4H3. The van der Waals surface area contributed by atoms with Crippen LogP contribution in [0.2, 0.25) is 0 Å². The lowest BCUT2D eigenvalue weighted by Gasteiger charge is -2.07. The van der Waals surface area contributed by atoms with Crippen LogP contribution in [0.3, 0.4) is 0 Å². The summed E-state index contributed by atoms with van der Waals surface area (Å²) in [6.07, 6.45) is 3.14. The first kappa shape index (κ1) is 21.6. The van der Waals surface area contributed by atoms with Gasteiger partial charge in [0.05, 0.1) is 38.2 Å². The minimum Gasteiger partial charge on any atom is -0.497 e. The topological polar surface area (TPSA) is 71.3 Å². The fourth-order valence-corrected chi connectivity index (χ4v) is 4.01. The van der Waals surface area contributed by atoms with E-state index in [9.17, 15) is 4.79 Å². The molecule has 0 saturated carbocycles. The number of thiazole rings is 1. The number of carbonyl (C=O) groups is 1. The minimum absolute atomic E-state index is 0.352. The van der Waals surface area contributed by atoms with Crippen LogP contribution in [-0.2, 0) is 16.1 Å². The maximum atomic E-state index is 12.5. The second kappa shape index (κ2) is 10.1. The number of rotatable bonds is 8. The molecule has 1 amide bonds. The van der Waals surface area contributed by atoms with Crippen LogP contribution < -0.4 is 19.0 Å². The van der Waals surface area contributed by atoms with Crippen molar-refractivity contribution in [1.82, 2.24) is 4.57 Å². The van der Waals surface area contributed by atoms with E-state index in [0.717, 1.165) is 21.5 Å². The van der Waals surface area contributed by atoms with Gasteiger partial charge in [0.1, 0.15) is 5.75 Å². The second-order valence-corrected chi connectivity index (χ2v) is 7.27. The molecule has 2 aromatic carbocycles. The normalized spacial score (nSPS) is 11.9. The second-order valence-electron chi connectivity index (χ2n) is 6.26. The zero-order valence-electron chi connectivity index (χ0n) is 17.4. The first-order chi connectivity index (χ1) is 14.6. The van der Waals surface area contributed by atoms with E-state index in [1.165, 1.54) is 17.4 Å². The Balaban J connectivity index is 1.93. The zero-order valence-corrected chi connectivity index (χ0v) is 18.2. The van der Waals surface area contributed by atoms with Crippen LogP contribution in [0.25, 0.3) is 16.3 Å². The van der Waals surface area contributed by atoms with Gasteiger partial charge >= 0.3 is 0 Å². The van der Waals surface area contributed by atoms with Crippen molar-refractivity contribution in [2.75, 3.05) is 35.0 Å². The Morgan fingerprint density at radius 2 is 1.83 bits per heavy atom. The molecular weight excluding hydrogens is 404 g/mol. The van der Waals surface area contributed by atoms with Crippen molar-refractivity contribution in [3.8, 4) is 17.2 Å². The monoisotopic (exact) mass is 428 g/mol. The molecule has 0 bridgehead atoms. The van der Waals surface area contributed by atoms with Crippen LogP contribution in [0.4, 0.5) is 0 Å². The molecule has 0 radical (unpaired) electrons. The zero-order chi connectivity index (χ0) is 21.5. The number of ether oxygens (including phenoxy) is 4. The van der Waals surface area contributed by atoms with Gasteiger partial charge in [-0.25, -0.2) is 0 Å². The van der Waals surface area contributed by atoms with Gasteiger partial charge in [0.15, 0.2) is 16.3 Å². The largest absolute Gasteiger partial charge is 0.497 e. The number of aromatic nitrogens is 1. The average molecular weight is 429 g/mol. The quantitative estimate of drug-likeness (QED) is 0.514. The maximum absolute atomic E-state index is 12.5. The third kappa shape index (κ3) is 4.90. The Morgan fingerprint density at radius 3 is 2.53 bits per heavy atom. The van der Waals surface area contributed by atoms with Crippen LogP contribution >= 0.6 is 11.3 Å². The number of benzene rings is 2. The lowest BCUT2D eigenvalue weighted by molar-refractivity contribution is -0.113. The summed E-state index contributed by atoms with van der Waals surface area (Å²) in [5.74, 6) is 1.63. The molecule has 7 nitrogen and oxygen atoms in total. The summed E-state index contributed by atoms with van der Waals surface area (Å²) in [5, 5.41) is 0. The van der Waals surface area contributed by atoms with Crippen molar-refractivity contribution < 1.29 is 23.7 Å². The van der Waals surface area contributed by atoms with Crippen molar-refractivity contribution in [2.24, 2.45) is 4.99 Å². The molecule has 0 atom stereocenters. The van der Waals surface area contributed by atoms with E-state index in [-0.39, 0.29) is 5.91 Å². The predicted octanol–water partition coefficient (Wildman–Crippen LogP) is 3.52. The Bertz CT molecular complexity index is 1130. The third-order valence-electron chi connectivity index (χ3n) is 4.44. The van der Waals surface area contributed by atoms with Crippen LogP contribution in [0.1, 0.15) is 5.56 Å². The molecule has 0 aliphatic heterocycles. The Labute approximate surface area is 178 Å². The molecule has 0 N–H and O–H groups in total. The molecule has 0 saturated heterocycles. The summed E-state index contributed by atoms with van der Waals surface area (Å²) >= 11 is 1.43. The Kier molecular flexibility index (Phi) is 7.26. The van der Waals surface area contributed by atoms with Gasteiger partial charge in [-0.05, 0) is 42.0 Å². The van der Waals surface area contributed by atoms with Gasteiger partial charge in [0.2, 0.25) is 0 Å². The summed E-state index contributed by atoms with van der Waals surface area (Å²) in [6, 6.07) is 11.2. The summed E-state index contributed by atoms with van der Waals surface area (Å²) in [6.45, 7) is 1.11. The highest BCUT2D eigenvalue weighted by molar-refractivity contribution is 7.16. The van der Waals surface area contributed by atoms with E-state index >= 15 is 0 Å². The SMILES string of the molecule is COCCn1c(=NC(=O)C=Cc2ccc(OC)c(OC)c2)sc2cc(OC)ccc21. The molecule has 1 aromatic heterocycles. The van der Waals surface area contributed by atoms with E-state index in [4.69, 9.17) is 18.9 Å². The highest BCUT2D eigenvalue weighted by Gasteiger charge is 2.09. The molecule has 1 heterocycles. The number of hydrogen-bond donors (Lipinski definition) is 0. The van der Waals surface area contributed by atoms with Crippen LogP contribution in [0, 0.1) is 0 Å². The number of amides is 1. The molecule has 0 aliphatic carbocycles. The van der Waals surface area contributed by atoms with Gasteiger partial charge in [-0.2, -0.15) is 4.99 Å².